The largest absolute Gasteiger partial charge is 0.493 e. The van der Waals surface area contributed by atoms with Gasteiger partial charge < -0.3 is 19.5 Å². The van der Waals surface area contributed by atoms with Crippen LogP contribution in [0, 0.1) is 0 Å². The van der Waals surface area contributed by atoms with Crippen molar-refractivity contribution in [3.05, 3.63) is 54.1 Å². The molecule has 0 radical (unpaired) electrons. The first-order valence-corrected chi connectivity index (χ1v) is 10.4. The molecular formula is C24H31N3O4. The second-order valence-electron chi connectivity index (χ2n) is 7.35. The van der Waals surface area contributed by atoms with Gasteiger partial charge in [-0.1, -0.05) is 42.5 Å². The van der Waals surface area contributed by atoms with Gasteiger partial charge in [-0.2, -0.15) is 0 Å². The van der Waals surface area contributed by atoms with Crippen LogP contribution in [0.5, 0.6) is 17.2 Å². The number of hydrogen-bond donors (Lipinski definition) is 1. The summed E-state index contributed by atoms with van der Waals surface area (Å²) in [5.41, 5.74) is 1.83. The molecule has 1 N–H and O–H groups in total. The first kappa shape index (κ1) is 22.7. The van der Waals surface area contributed by atoms with Gasteiger partial charge >= 0.3 is 0 Å². The number of nitrogens with zero attached hydrogens (tertiary/aromatic N) is 2. The van der Waals surface area contributed by atoms with Crippen LogP contribution in [0.3, 0.4) is 0 Å². The van der Waals surface area contributed by atoms with E-state index in [2.05, 4.69) is 39.4 Å². The zero-order valence-electron chi connectivity index (χ0n) is 18.5. The lowest BCUT2D eigenvalue weighted by molar-refractivity contribution is -0.117. The summed E-state index contributed by atoms with van der Waals surface area (Å²) in [6, 6.07) is 13.8. The van der Waals surface area contributed by atoms with E-state index in [1.165, 1.54) is 5.56 Å². The number of methoxy groups -OCH3 is 3. The SMILES string of the molecule is COc1cc(NC(=O)CN2CCN(CC=Cc3ccccc3)CC2)cc(OC)c1OC. The quantitative estimate of drug-likeness (QED) is 0.667. The molecule has 1 aliphatic heterocycles. The topological polar surface area (TPSA) is 63.3 Å². The van der Waals surface area contributed by atoms with E-state index in [9.17, 15) is 4.79 Å². The van der Waals surface area contributed by atoms with E-state index in [1.54, 1.807) is 33.5 Å². The van der Waals surface area contributed by atoms with Crippen LogP contribution in [-0.4, -0.2) is 76.3 Å². The average Bonchev–Trinajstić information content (AvgIpc) is 2.80. The van der Waals surface area contributed by atoms with Crippen LogP contribution in [0.4, 0.5) is 5.69 Å². The number of piperazine rings is 1. The van der Waals surface area contributed by atoms with Gasteiger partial charge in [-0.25, -0.2) is 0 Å². The van der Waals surface area contributed by atoms with E-state index < -0.39 is 0 Å². The van der Waals surface area contributed by atoms with Crippen molar-refractivity contribution >= 4 is 17.7 Å². The molecule has 1 fully saturated rings. The molecule has 0 bridgehead atoms. The van der Waals surface area contributed by atoms with Crippen molar-refractivity contribution in [1.29, 1.82) is 0 Å². The minimum absolute atomic E-state index is 0.0632. The second-order valence-corrected chi connectivity index (χ2v) is 7.35. The van der Waals surface area contributed by atoms with Crippen molar-refractivity contribution in [3.63, 3.8) is 0 Å². The van der Waals surface area contributed by atoms with Gasteiger partial charge in [0.25, 0.3) is 0 Å². The Morgan fingerprint density at radius 3 is 2.13 bits per heavy atom. The Hall–Kier alpha value is -3.03. The summed E-state index contributed by atoms with van der Waals surface area (Å²) in [4.78, 5) is 17.1. The highest BCUT2D eigenvalue weighted by Gasteiger charge is 2.19. The molecule has 0 unspecified atom stereocenters. The Balaban J connectivity index is 1.46. The Kier molecular flexibility index (Phi) is 8.32. The van der Waals surface area contributed by atoms with Crippen molar-refractivity contribution in [2.75, 3.05) is 65.9 Å². The maximum Gasteiger partial charge on any atom is 0.238 e. The molecule has 0 saturated carbocycles. The van der Waals surface area contributed by atoms with Crippen molar-refractivity contribution in [2.45, 2.75) is 0 Å². The first-order chi connectivity index (χ1) is 15.1. The van der Waals surface area contributed by atoms with Gasteiger partial charge in [-0.15, -0.1) is 0 Å². The minimum atomic E-state index is -0.0632. The molecule has 3 rings (SSSR count). The summed E-state index contributed by atoms with van der Waals surface area (Å²) in [7, 11) is 4.66. The van der Waals surface area contributed by atoms with Crippen molar-refractivity contribution in [1.82, 2.24) is 9.80 Å². The maximum absolute atomic E-state index is 12.6. The van der Waals surface area contributed by atoms with Gasteiger partial charge in [0.05, 0.1) is 27.9 Å². The number of ether oxygens (including phenoxy) is 3. The van der Waals surface area contributed by atoms with E-state index in [0.717, 1.165) is 32.7 Å². The normalized spacial score (nSPS) is 15.1. The number of anilines is 1. The number of nitrogens with one attached hydrogen (secondary N) is 1. The van der Waals surface area contributed by atoms with Gasteiger partial charge in [0, 0.05) is 50.5 Å². The lowest BCUT2D eigenvalue weighted by atomic mass is 10.2. The minimum Gasteiger partial charge on any atom is -0.493 e. The highest BCUT2D eigenvalue weighted by atomic mass is 16.5. The summed E-state index contributed by atoms with van der Waals surface area (Å²) < 4.78 is 16.0. The molecule has 1 saturated heterocycles. The number of benzene rings is 2. The lowest BCUT2D eigenvalue weighted by Gasteiger charge is -2.33. The molecule has 0 atom stereocenters. The fraction of sp³-hybridized carbons (Fsp3) is 0.375. The molecule has 31 heavy (non-hydrogen) atoms. The first-order valence-electron chi connectivity index (χ1n) is 10.4. The standard InChI is InChI=1S/C24H31N3O4/c1-29-21-16-20(17-22(30-2)24(21)31-3)25-23(28)18-27-14-12-26(13-15-27)11-7-10-19-8-5-4-6-9-19/h4-10,16-17H,11-15,18H2,1-3H3,(H,25,28). The molecule has 166 valence electrons. The smallest absolute Gasteiger partial charge is 0.238 e. The fourth-order valence-electron chi connectivity index (χ4n) is 3.59. The van der Waals surface area contributed by atoms with Gasteiger partial charge in [-0.3, -0.25) is 14.6 Å². The highest BCUT2D eigenvalue weighted by Crippen LogP contribution is 2.39. The summed E-state index contributed by atoms with van der Waals surface area (Å²) in [5.74, 6) is 1.45. The molecule has 1 heterocycles. The Labute approximate surface area is 184 Å². The predicted octanol–water partition coefficient (Wildman–Crippen LogP) is 2.98. The third-order valence-corrected chi connectivity index (χ3v) is 5.25. The van der Waals surface area contributed by atoms with E-state index in [-0.39, 0.29) is 5.91 Å². The molecule has 0 aromatic heterocycles. The van der Waals surface area contributed by atoms with Gasteiger partial charge in [-0.05, 0) is 5.56 Å². The van der Waals surface area contributed by atoms with Crippen LogP contribution < -0.4 is 19.5 Å². The number of carbonyl (C=O) groups excluding carboxylic acids is 1. The number of hydrogen-bond acceptors (Lipinski definition) is 6. The average molecular weight is 426 g/mol. The molecule has 1 amide bonds. The number of carbonyl (C=O) groups is 1. The zero-order valence-corrected chi connectivity index (χ0v) is 18.5. The molecule has 7 nitrogen and oxygen atoms in total. The molecule has 7 heteroatoms. The van der Waals surface area contributed by atoms with Crippen molar-refractivity contribution in [3.8, 4) is 17.2 Å². The second kappa shape index (κ2) is 11.4. The van der Waals surface area contributed by atoms with Crippen molar-refractivity contribution in [2.24, 2.45) is 0 Å². The lowest BCUT2D eigenvalue weighted by Crippen LogP contribution is -2.48. The van der Waals surface area contributed by atoms with E-state index >= 15 is 0 Å². The van der Waals surface area contributed by atoms with Gasteiger partial charge in [0.15, 0.2) is 11.5 Å². The number of amides is 1. The van der Waals surface area contributed by atoms with E-state index in [1.807, 2.05) is 18.2 Å². The fourth-order valence-corrected chi connectivity index (χ4v) is 3.59. The summed E-state index contributed by atoms with van der Waals surface area (Å²) >= 11 is 0. The Morgan fingerprint density at radius 2 is 1.55 bits per heavy atom. The van der Waals surface area contributed by atoms with Crippen LogP contribution in [0.25, 0.3) is 6.08 Å². The monoisotopic (exact) mass is 425 g/mol. The Bertz CT molecular complexity index is 853. The van der Waals surface area contributed by atoms with Crippen LogP contribution in [0.2, 0.25) is 0 Å². The third kappa shape index (κ3) is 6.47. The summed E-state index contributed by atoms with van der Waals surface area (Å²) in [6.45, 7) is 4.88. The highest BCUT2D eigenvalue weighted by molar-refractivity contribution is 5.93. The molecule has 2 aromatic rings. The van der Waals surface area contributed by atoms with E-state index in [4.69, 9.17) is 14.2 Å². The zero-order chi connectivity index (χ0) is 22.1. The maximum atomic E-state index is 12.6. The molecular weight excluding hydrogens is 394 g/mol. The summed E-state index contributed by atoms with van der Waals surface area (Å²) in [5, 5.41) is 2.93. The number of rotatable bonds is 9. The van der Waals surface area contributed by atoms with Crippen LogP contribution >= 0.6 is 0 Å². The molecule has 0 aliphatic carbocycles. The van der Waals surface area contributed by atoms with Crippen LogP contribution in [0.15, 0.2) is 48.5 Å². The van der Waals surface area contributed by atoms with Gasteiger partial charge in [0.1, 0.15) is 0 Å². The molecule has 0 spiro atoms. The van der Waals surface area contributed by atoms with Crippen molar-refractivity contribution < 1.29 is 19.0 Å². The molecule has 1 aliphatic rings. The van der Waals surface area contributed by atoms with Crippen LogP contribution in [-0.2, 0) is 4.79 Å². The van der Waals surface area contributed by atoms with Crippen LogP contribution in [0.1, 0.15) is 5.56 Å². The summed E-state index contributed by atoms with van der Waals surface area (Å²) in [6.07, 6.45) is 4.35. The Morgan fingerprint density at radius 1 is 0.935 bits per heavy atom. The molecule has 2 aromatic carbocycles. The van der Waals surface area contributed by atoms with E-state index in [0.29, 0.717) is 29.5 Å². The van der Waals surface area contributed by atoms with Gasteiger partial charge in [0.2, 0.25) is 11.7 Å². The third-order valence-electron chi connectivity index (χ3n) is 5.25. The predicted molar refractivity (Wildman–Crippen MR) is 123 cm³/mol.